The van der Waals surface area contributed by atoms with Gasteiger partial charge >= 0.3 is 0 Å². The quantitative estimate of drug-likeness (QED) is 0.359. The first-order valence-corrected chi connectivity index (χ1v) is 3.49. The normalized spacial score (nSPS) is 9.45. The van der Waals surface area contributed by atoms with Gasteiger partial charge in [-0.1, -0.05) is 31.4 Å². The van der Waals surface area contributed by atoms with E-state index in [0.717, 1.165) is 6.42 Å². The Labute approximate surface area is 67.3 Å². The maximum atomic E-state index is 10.6. The predicted octanol–water partition coefficient (Wildman–Crippen LogP) is 1.42. The SMILES string of the molecule is C=C/C=C/CCNC(=O)C=C. The van der Waals surface area contributed by atoms with Crippen molar-refractivity contribution in [3.63, 3.8) is 0 Å². The topological polar surface area (TPSA) is 29.1 Å². The third-order valence-electron chi connectivity index (χ3n) is 1.07. The van der Waals surface area contributed by atoms with Crippen LogP contribution >= 0.6 is 0 Å². The second kappa shape index (κ2) is 6.81. The summed E-state index contributed by atoms with van der Waals surface area (Å²) in [4.78, 5) is 10.6. The number of hydrogen-bond donors (Lipinski definition) is 1. The lowest BCUT2D eigenvalue weighted by atomic mass is 10.3. The van der Waals surface area contributed by atoms with E-state index >= 15 is 0 Å². The van der Waals surface area contributed by atoms with Gasteiger partial charge in [0, 0.05) is 6.54 Å². The molecule has 0 aromatic carbocycles. The average Bonchev–Trinajstić information content (AvgIpc) is 2.04. The van der Waals surface area contributed by atoms with Crippen molar-refractivity contribution in [2.45, 2.75) is 6.42 Å². The standard InChI is InChI=1S/C9H13NO/c1-3-5-6-7-8-10-9(11)4-2/h3-6H,1-2,7-8H2,(H,10,11)/b6-5+. The van der Waals surface area contributed by atoms with Gasteiger partial charge in [-0.15, -0.1) is 0 Å². The summed E-state index contributed by atoms with van der Waals surface area (Å²) >= 11 is 0. The highest BCUT2D eigenvalue weighted by molar-refractivity contribution is 5.86. The molecule has 0 atom stereocenters. The van der Waals surface area contributed by atoms with E-state index in [1.807, 2.05) is 12.2 Å². The summed E-state index contributed by atoms with van der Waals surface area (Å²) in [5.74, 6) is -0.128. The van der Waals surface area contributed by atoms with Crippen LogP contribution in [0.5, 0.6) is 0 Å². The molecule has 1 amide bonds. The fraction of sp³-hybridized carbons (Fsp3) is 0.222. The van der Waals surface area contributed by atoms with E-state index in [4.69, 9.17) is 0 Å². The van der Waals surface area contributed by atoms with Crippen LogP contribution in [-0.4, -0.2) is 12.5 Å². The summed E-state index contributed by atoms with van der Waals surface area (Å²) in [5, 5.41) is 2.65. The Morgan fingerprint density at radius 2 is 2.18 bits per heavy atom. The van der Waals surface area contributed by atoms with Gasteiger partial charge in [0.1, 0.15) is 0 Å². The molecule has 0 spiro atoms. The van der Waals surface area contributed by atoms with Crippen molar-refractivity contribution in [3.05, 3.63) is 37.5 Å². The van der Waals surface area contributed by atoms with Crippen LogP contribution in [0.15, 0.2) is 37.5 Å². The fourth-order valence-corrected chi connectivity index (χ4v) is 0.543. The Kier molecular flexibility index (Phi) is 5.99. The van der Waals surface area contributed by atoms with Crippen molar-refractivity contribution >= 4 is 5.91 Å². The molecule has 0 aliphatic carbocycles. The Morgan fingerprint density at radius 3 is 2.73 bits per heavy atom. The van der Waals surface area contributed by atoms with E-state index in [2.05, 4.69) is 18.5 Å². The van der Waals surface area contributed by atoms with Crippen LogP contribution in [0.25, 0.3) is 0 Å². The van der Waals surface area contributed by atoms with Gasteiger partial charge in [0.15, 0.2) is 0 Å². The number of carbonyl (C=O) groups excluding carboxylic acids is 1. The zero-order valence-corrected chi connectivity index (χ0v) is 6.55. The van der Waals surface area contributed by atoms with Crippen LogP contribution in [0.2, 0.25) is 0 Å². The Bertz CT molecular complexity index is 170. The second-order valence-corrected chi connectivity index (χ2v) is 1.95. The summed E-state index contributed by atoms with van der Waals surface area (Å²) in [6, 6.07) is 0. The summed E-state index contributed by atoms with van der Waals surface area (Å²) in [7, 11) is 0. The first-order chi connectivity index (χ1) is 5.31. The molecule has 0 heterocycles. The smallest absolute Gasteiger partial charge is 0.243 e. The van der Waals surface area contributed by atoms with Crippen LogP contribution in [0, 0.1) is 0 Å². The molecule has 1 N–H and O–H groups in total. The Hall–Kier alpha value is -1.31. The van der Waals surface area contributed by atoms with Crippen molar-refractivity contribution in [2.75, 3.05) is 6.54 Å². The number of amides is 1. The van der Waals surface area contributed by atoms with Crippen LogP contribution in [0.1, 0.15) is 6.42 Å². The molecule has 0 rings (SSSR count). The van der Waals surface area contributed by atoms with Gasteiger partial charge < -0.3 is 5.32 Å². The van der Waals surface area contributed by atoms with Gasteiger partial charge in [0.25, 0.3) is 0 Å². The third-order valence-corrected chi connectivity index (χ3v) is 1.07. The average molecular weight is 151 g/mol. The van der Waals surface area contributed by atoms with Gasteiger partial charge in [-0.3, -0.25) is 4.79 Å². The van der Waals surface area contributed by atoms with Crippen molar-refractivity contribution in [2.24, 2.45) is 0 Å². The van der Waals surface area contributed by atoms with E-state index < -0.39 is 0 Å². The van der Waals surface area contributed by atoms with Crippen molar-refractivity contribution in [1.82, 2.24) is 5.32 Å². The number of hydrogen-bond acceptors (Lipinski definition) is 1. The monoisotopic (exact) mass is 151 g/mol. The minimum absolute atomic E-state index is 0.128. The van der Waals surface area contributed by atoms with Crippen molar-refractivity contribution < 1.29 is 4.79 Å². The van der Waals surface area contributed by atoms with E-state index in [-0.39, 0.29) is 5.91 Å². The first-order valence-electron chi connectivity index (χ1n) is 3.49. The molecular formula is C9H13NO. The molecule has 0 unspecified atom stereocenters. The molecule has 0 aliphatic rings. The van der Waals surface area contributed by atoms with Gasteiger partial charge in [0.2, 0.25) is 5.91 Å². The summed E-state index contributed by atoms with van der Waals surface area (Å²) < 4.78 is 0. The molecule has 0 aromatic rings. The predicted molar refractivity (Wildman–Crippen MR) is 47.2 cm³/mol. The van der Waals surface area contributed by atoms with Crippen LogP contribution in [0.4, 0.5) is 0 Å². The highest BCUT2D eigenvalue weighted by Crippen LogP contribution is 1.80. The van der Waals surface area contributed by atoms with E-state index in [9.17, 15) is 4.79 Å². The molecule has 2 heteroatoms. The van der Waals surface area contributed by atoms with Crippen LogP contribution in [-0.2, 0) is 4.79 Å². The van der Waals surface area contributed by atoms with Crippen molar-refractivity contribution in [1.29, 1.82) is 0 Å². The lowest BCUT2D eigenvalue weighted by Crippen LogP contribution is -2.21. The van der Waals surface area contributed by atoms with Gasteiger partial charge in [-0.05, 0) is 12.5 Å². The minimum Gasteiger partial charge on any atom is -0.352 e. The lowest BCUT2D eigenvalue weighted by molar-refractivity contribution is -0.116. The summed E-state index contributed by atoms with van der Waals surface area (Å²) in [6.07, 6.45) is 7.58. The largest absolute Gasteiger partial charge is 0.352 e. The first kappa shape index (κ1) is 9.69. The number of allylic oxidation sites excluding steroid dienone is 2. The zero-order chi connectivity index (χ0) is 8.53. The maximum Gasteiger partial charge on any atom is 0.243 e. The number of nitrogens with one attached hydrogen (secondary N) is 1. The maximum absolute atomic E-state index is 10.6. The van der Waals surface area contributed by atoms with Gasteiger partial charge in [-0.2, -0.15) is 0 Å². The van der Waals surface area contributed by atoms with Crippen LogP contribution < -0.4 is 5.32 Å². The van der Waals surface area contributed by atoms with Crippen molar-refractivity contribution in [3.8, 4) is 0 Å². The molecule has 11 heavy (non-hydrogen) atoms. The molecule has 0 saturated heterocycles. The van der Waals surface area contributed by atoms with E-state index in [1.165, 1.54) is 6.08 Å². The molecule has 60 valence electrons. The fourth-order valence-electron chi connectivity index (χ4n) is 0.543. The molecular weight excluding hydrogens is 138 g/mol. The summed E-state index contributed by atoms with van der Waals surface area (Å²) in [6.45, 7) is 7.50. The van der Waals surface area contributed by atoms with E-state index in [1.54, 1.807) is 6.08 Å². The molecule has 0 fully saturated rings. The Balaban J connectivity index is 3.27. The molecule has 0 aliphatic heterocycles. The molecule has 0 bridgehead atoms. The van der Waals surface area contributed by atoms with Crippen LogP contribution in [0.3, 0.4) is 0 Å². The lowest BCUT2D eigenvalue weighted by Gasteiger charge is -1.96. The van der Waals surface area contributed by atoms with E-state index in [0.29, 0.717) is 6.54 Å². The van der Waals surface area contributed by atoms with Gasteiger partial charge in [0.05, 0.1) is 0 Å². The Morgan fingerprint density at radius 1 is 1.45 bits per heavy atom. The second-order valence-electron chi connectivity index (χ2n) is 1.95. The molecule has 0 aromatic heterocycles. The summed E-state index contributed by atoms with van der Waals surface area (Å²) in [5.41, 5.74) is 0. The number of rotatable bonds is 5. The third kappa shape index (κ3) is 6.58. The highest BCUT2D eigenvalue weighted by Gasteiger charge is 1.88. The molecule has 2 nitrogen and oxygen atoms in total. The molecule has 0 radical (unpaired) electrons. The molecule has 0 saturated carbocycles. The zero-order valence-electron chi connectivity index (χ0n) is 6.55. The minimum atomic E-state index is -0.128. The van der Waals surface area contributed by atoms with Gasteiger partial charge in [-0.25, -0.2) is 0 Å². The highest BCUT2D eigenvalue weighted by atomic mass is 16.1. The number of carbonyl (C=O) groups is 1.